The van der Waals surface area contributed by atoms with Crippen molar-refractivity contribution in [2.24, 2.45) is 0 Å². The predicted octanol–water partition coefficient (Wildman–Crippen LogP) is 2.68. The smallest absolute Gasteiger partial charge is 0.211 e. The van der Waals surface area contributed by atoms with Crippen molar-refractivity contribution >= 4 is 21.6 Å². The molecule has 1 aliphatic heterocycles. The lowest BCUT2D eigenvalue weighted by atomic mass is 10.0. The summed E-state index contributed by atoms with van der Waals surface area (Å²) in [6.45, 7) is 0.718. The first-order valence-electron chi connectivity index (χ1n) is 6.13. The van der Waals surface area contributed by atoms with Crippen LogP contribution in [0.5, 0.6) is 0 Å². The molecule has 0 saturated carbocycles. The molecule has 4 nitrogen and oxygen atoms in total. The third-order valence-electron chi connectivity index (χ3n) is 3.43. The van der Waals surface area contributed by atoms with Crippen molar-refractivity contribution in [3.8, 4) is 11.1 Å². The molecule has 1 aromatic heterocycles. The van der Waals surface area contributed by atoms with E-state index in [2.05, 4.69) is 4.98 Å². The molecule has 3 rings (SSSR count). The number of aromatic nitrogens is 1. The lowest BCUT2D eigenvalue weighted by molar-refractivity contribution is 0.434. The minimum atomic E-state index is -3.20. The molecule has 0 spiro atoms. The molecule has 0 N–H and O–H groups in total. The van der Waals surface area contributed by atoms with Crippen LogP contribution in [0.25, 0.3) is 11.1 Å². The molecule has 1 aromatic carbocycles. The zero-order valence-electron chi connectivity index (χ0n) is 10.9. The van der Waals surface area contributed by atoms with Crippen molar-refractivity contribution < 1.29 is 8.42 Å². The lowest BCUT2D eigenvalue weighted by Crippen LogP contribution is -2.23. The van der Waals surface area contributed by atoms with Crippen LogP contribution in [0.1, 0.15) is 11.3 Å². The van der Waals surface area contributed by atoms with E-state index >= 15 is 0 Å². The van der Waals surface area contributed by atoms with E-state index < -0.39 is 10.0 Å². The van der Waals surface area contributed by atoms with Gasteiger partial charge in [0, 0.05) is 17.8 Å². The van der Waals surface area contributed by atoms with Crippen LogP contribution in [-0.4, -0.2) is 24.0 Å². The Morgan fingerprint density at radius 2 is 1.85 bits per heavy atom. The summed E-state index contributed by atoms with van der Waals surface area (Å²) in [5.74, 6) is 0. The van der Waals surface area contributed by atoms with Gasteiger partial charge in [-0.1, -0.05) is 23.7 Å². The Bertz CT molecular complexity index is 757. The summed E-state index contributed by atoms with van der Waals surface area (Å²) >= 11 is 5.90. The fourth-order valence-corrected chi connectivity index (χ4v) is 3.23. The predicted molar refractivity (Wildman–Crippen MR) is 78.8 cm³/mol. The molecule has 0 aliphatic carbocycles. The second kappa shape index (κ2) is 4.84. The Morgan fingerprint density at radius 1 is 1.15 bits per heavy atom. The number of hydrogen-bond donors (Lipinski definition) is 0. The van der Waals surface area contributed by atoms with Gasteiger partial charge in [-0.25, -0.2) is 8.42 Å². The quantitative estimate of drug-likeness (QED) is 0.857. The molecule has 2 aromatic rings. The van der Waals surface area contributed by atoms with Gasteiger partial charge in [0.05, 0.1) is 18.5 Å². The van der Waals surface area contributed by atoms with Gasteiger partial charge in [0.15, 0.2) is 0 Å². The van der Waals surface area contributed by atoms with E-state index in [0.717, 1.165) is 22.4 Å². The highest BCUT2D eigenvalue weighted by Crippen LogP contribution is 2.32. The van der Waals surface area contributed by atoms with Gasteiger partial charge in [-0.2, -0.15) is 4.31 Å². The monoisotopic (exact) mass is 308 g/mol. The average Bonchev–Trinajstić information content (AvgIpc) is 2.83. The summed E-state index contributed by atoms with van der Waals surface area (Å²) in [7, 11) is -3.20. The number of nitrogens with zero attached hydrogens (tertiary/aromatic N) is 2. The number of sulfonamides is 1. The third-order valence-corrected chi connectivity index (χ3v) is 4.88. The minimum absolute atomic E-state index is 0.343. The minimum Gasteiger partial charge on any atom is -0.260 e. The van der Waals surface area contributed by atoms with Gasteiger partial charge < -0.3 is 0 Å². The molecule has 0 fully saturated rings. The topological polar surface area (TPSA) is 50.3 Å². The molecule has 0 unspecified atom stereocenters. The van der Waals surface area contributed by atoms with Gasteiger partial charge in [0.1, 0.15) is 0 Å². The molecule has 0 saturated heterocycles. The summed E-state index contributed by atoms with van der Waals surface area (Å²) < 4.78 is 24.8. The van der Waals surface area contributed by atoms with E-state index in [-0.39, 0.29) is 0 Å². The fourth-order valence-electron chi connectivity index (χ4n) is 2.38. The zero-order chi connectivity index (χ0) is 14.3. The van der Waals surface area contributed by atoms with E-state index in [4.69, 9.17) is 11.6 Å². The van der Waals surface area contributed by atoms with Crippen LogP contribution >= 0.6 is 11.6 Å². The number of pyridine rings is 1. The third kappa shape index (κ3) is 2.44. The molecular weight excluding hydrogens is 296 g/mol. The molecule has 0 amide bonds. The van der Waals surface area contributed by atoms with Crippen LogP contribution in [0.2, 0.25) is 5.02 Å². The van der Waals surface area contributed by atoms with E-state index in [9.17, 15) is 8.42 Å². The van der Waals surface area contributed by atoms with Gasteiger partial charge in [-0.05, 0) is 34.9 Å². The average molecular weight is 309 g/mol. The summed E-state index contributed by atoms with van der Waals surface area (Å²) in [4.78, 5) is 4.29. The highest BCUT2D eigenvalue weighted by atomic mass is 35.5. The molecule has 0 radical (unpaired) electrons. The van der Waals surface area contributed by atoms with Gasteiger partial charge in [-0.15, -0.1) is 0 Å². The van der Waals surface area contributed by atoms with Crippen molar-refractivity contribution in [3.05, 3.63) is 52.8 Å². The molecular formula is C14H13ClN2O2S. The highest BCUT2D eigenvalue weighted by Gasteiger charge is 2.28. The van der Waals surface area contributed by atoms with E-state index in [1.165, 1.54) is 10.6 Å². The molecule has 20 heavy (non-hydrogen) atoms. The number of benzene rings is 1. The van der Waals surface area contributed by atoms with Crippen molar-refractivity contribution in [1.82, 2.24) is 9.29 Å². The van der Waals surface area contributed by atoms with Gasteiger partial charge in [-0.3, -0.25) is 4.98 Å². The summed E-state index contributed by atoms with van der Waals surface area (Å²) in [6, 6.07) is 9.43. The fraction of sp³-hybridized carbons (Fsp3) is 0.214. The summed E-state index contributed by atoms with van der Waals surface area (Å²) in [6.07, 6.45) is 2.94. The molecule has 0 atom stereocenters. The largest absolute Gasteiger partial charge is 0.260 e. The Labute approximate surface area is 123 Å². The first kappa shape index (κ1) is 13.5. The maximum atomic E-state index is 11.7. The summed E-state index contributed by atoms with van der Waals surface area (Å²) in [5.41, 5.74) is 3.82. The Hall–Kier alpha value is -1.43. The maximum Gasteiger partial charge on any atom is 0.211 e. The van der Waals surface area contributed by atoms with Crippen molar-refractivity contribution in [1.29, 1.82) is 0 Å². The van der Waals surface area contributed by atoms with Gasteiger partial charge in [0.2, 0.25) is 10.0 Å². The second-order valence-corrected chi connectivity index (χ2v) is 7.24. The van der Waals surface area contributed by atoms with Crippen molar-refractivity contribution in [2.45, 2.75) is 13.1 Å². The molecule has 0 bridgehead atoms. The second-order valence-electron chi connectivity index (χ2n) is 4.82. The molecule has 1 aliphatic rings. The number of fused-ring (bicyclic) bond motifs is 1. The van der Waals surface area contributed by atoms with E-state index in [1.807, 2.05) is 30.3 Å². The van der Waals surface area contributed by atoms with E-state index in [1.54, 1.807) is 6.20 Å². The van der Waals surface area contributed by atoms with Crippen LogP contribution in [0, 0.1) is 0 Å². The lowest BCUT2D eigenvalue weighted by Gasteiger charge is -2.11. The van der Waals surface area contributed by atoms with Crippen LogP contribution in [0.3, 0.4) is 0 Å². The normalized spacial score (nSPS) is 15.3. The molecule has 2 heterocycles. The van der Waals surface area contributed by atoms with Crippen LogP contribution in [-0.2, 0) is 23.1 Å². The number of halogens is 1. The Morgan fingerprint density at radius 3 is 2.50 bits per heavy atom. The Balaban J connectivity index is 2.06. The standard InChI is InChI=1S/C14H13ClN2O2S/c1-20(18,19)17-8-13-12(6-7-16-14(13)9-17)10-2-4-11(15)5-3-10/h2-7H,8-9H2,1H3. The molecule has 6 heteroatoms. The number of rotatable bonds is 2. The zero-order valence-corrected chi connectivity index (χ0v) is 12.4. The van der Waals surface area contributed by atoms with Crippen LogP contribution in [0.4, 0.5) is 0 Å². The highest BCUT2D eigenvalue weighted by molar-refractivity contribution is 7.88. The van der Waals surface area contributed by atoms with E-state index in [0.29, 0.717) is 18.1 Å². The van der Waals surface area contributed by atoms with Gasteiger partial charge >= 0.3 is 0 Å². The van der Waals surface area contributed by atoms with Crippen molar-refractivity contribution in [2.75, 3.05) is 6.26 Å². The van der Waals surface area contributed by atoms with Gasteiger partial charge in [0.25, 0.3) is 0 Å². The number of hydrogen-bond acceptors (Lipinski definition) is 3. The first-order chi connectivity index (χ1) is 9.45. The Kier molecular flexibility index (Phi) is 3.28. The van der Waals surface area contributed by atoms with Crippen molar-refractivity contribution in [3.63, 3.8) is 0 Å². The maximum absolute atomic E-state index is 11.7. The molecule has 104 valence electrons. The van der Waals surface area contributed by atoms with Crippen LogP contribution < -0.4 is 0 Å². The first-order valence-corrected chi connectivity index (χ1v) is 8.35. The SMILES string of the molecule is CS(=O)(=O)N1Cc2nccc(-c3ccc(Cl)cc3)c2C1. The summed E-state index contributed by atoms with van der Waals surface area (Å²) in [5, 5.41) is 0.678. The van der Waals surface area contributed by atoms with Crippen LogP contribution in [0.15, 0.2) is 36.5 Å².